The first-order chi connectivity index (χ1) is 12.7. The Morgan fingerprint density at radius 2 is 1.35 bits per heavy atom. The number of rotatable bonds is 5. The minimum atomic E-state index is -0.861. The molecule has 0 aliphatic carbocycles. The van der Waals surface area contributed by atoms with E-state index in [2.05, 4.69) is 12.1 Å². The summed E-state index contributed by atoms with van der Waals surface area (Å²) in [6.45, 7) is 0. The summed E-state index contributed by atoms with van der Waals surface area (Å²) in [4.78, 5) is 12.8. The number of carbonyl (C=O) groups is 1. The van der Waals surface area contributed by atoms with Crippen LogP contribution in [0.2, 0.25) is 0 Å². The van der Waals surface area contributed by atoms with E-state index in [4.69, 9.17) is 10.5 Å². The van der Waals surface area contributed by atoms with Gasteiger partial charge in [0.1, 0.15) is 16.9 Å². The molecular weight excluding hydrogens is 322 g/mol. The van der Waals surface area contributed by atoms with Gasteiger partial charge in [-0.2, -0.15) is 0 Å². The zero-order chi connectivity index (χ0) is 18.0. The number of hydrogen-bond donors (Lipinski definition) is 1. The summed E-state index contributed by atoms with van der Waals surface area (Å²) in [5, 5.41) is 0. The van der Waals surface area contributed by atoms with Gasteiger partial charge in [0.15, 0.2) is 0 Å². The summed E-state index contributed by atoms with van der Waals surface area (Å²) >= 11 is 0. The van der Waals surface area contributed by atoms with Gasteiger partial charge >= 0.3 is 0 Å². The van der Waals surface area contributed by atoms with Crippen LogP contribution in [0.4, 0.5) is 0 Å². The number of carbonyl (C=O) groups excluding carboxylic acids is 1. The van der Waals surface area contributed by atoms with Crippen molar-refractivity contribution in [2.75, 3.05) is 0 Å². The number of fused-ring (bicyclic) bond motifs is 2. The molecule has 3 aromatic rings. The summed E-state index contributed by atoms with van der Waals surface area (Å²) < 4.78 is 6.04. The minimum Gasteiger partial charge on any atom is -0.457 e. The molecule has 1 heterocycles. The Morgan fingerprint density at radius 1 is 0.808 bits per heavy atom. The van der Waals surface area contributed by atoms with Crippen molar-refractivity contribution < 1.29 is 9.53 Å². The molecule has 0 saturated carbocycles. The van der Waals surface area contributed by atoms with E-state index in [1.807, 2.05) is 66.7 Å². The number of amides is 1. The Hall–Kier alpha value is -3.07. The molecule has 26 heavy (non-hydrogen) atoms. The Kier molecular flexibility index (Phi) is 4.21. The highest BCUT2D eigenvalue weighted by atomic mass is 16.5. The van der Waals surface area contributed by atoms with Gasteiger partial charge < -0.3 is 10.5 Å². The van der Waals surface area contributed by atoms with Crippen LogP contribution in [0, 0.1) is 0 Å². The average molecular weight is 343 g/mol. The van der Waals surface area contributed by atoms with Crippen molar-refractivity contribution in [1.29, 1.82) is 0 Å². The van der Waals surface area contributed by atoms with Crippen molar-refractivity contribution in [3.05, 3.63) is 95.6 Å². The standard InChI is InChI=1S/C23H21NO2/c24-22(25)23(16-8-11-17-9-2-1-3-10-17)18-12-4-6-14-20(18)26-21-15-7-5-13-19(21)23/h1-7,9-10,12-15H,8,11,16H2,(H2,24,25). The first-order valence-electron chi connectivity index (χ1n) is 8.92. The molecule has 0 unspecified atom stereocenters. The van der Waals surface area contributed by atoms with Crippen LogP contribution in [0.25, 0.3) is 0 Å². The van der Waals surface area contributed by atoms with Gasteiger partial charge in [-0.1, -0.05) is 66.7 Å². The molecule has 0 radical (unpaired) electrons. The minimum absolute atomic E-state index is 0.325. The second kappa shape index (κ2) is 6.68. The topological polar surface area (TPSA) is 52.3 Å². The summed E-state index contributed by atoms with van der Waals surface area (Å²) in [7, 11) is 0. The van der Waals surface area contributed by atoms with E-state index in [0.29, 0.717) is 17.9 Å². The van der Waals surface area contributed by atoms with Gasteiger partial charge in [-0.05, 0) is 37.0 Å². The van der Waals surface area contributed by atoms with Crippen molar-refractivity contribution in [2.45, 2.75) is 24.7 Å². The van der Waals surface area contributed by atoms with Crippen LogP contribution in [0.15, 0.2) is 78.9 Å². The van der Waals surface area contributed by atoms with Gasteiger partial charge in [0.05, 0.1) is 0 Å². The number of ether oxygens (including phenoxy) is 1. The first kappa shape index (κ1) is 16.4. The predicted octanol–water partition coefficient (Wildman–Crippen LogP) is 4.59. The van der Waals surface area contributed by atoms with E-state index in [-0.39, 0.29) is 5.91 Å². The molecule has 3 nitrogen and oxygen atoms in total. The maximum absolute atomic E-state index is 12.8. The molecule has 0 saturated heterocycles. The molecule has 0 atom stereocenters. The molecule has 1 amide bonds. The first-order valence-corrected chi connectivity index (χ1v) is 8.92. The third-order valence-electron chi connectivity index (χ3n) is 5.19. The fraction of sp³-hybridized carbons (Fsp3) is 0.174. The van der Waals surface area contributed by atoms with Gasteiger partial charge in [0.25, 0.3) is 0 Å². The van der Waals surface area contributed by atoms with Crippen LogP contribution in [-0.4, -0.2) is 5.91 Å². The zero-order valence-corrected chi connectivity index (χ0v) is 14.5. The SMILES string of the molecule is NC(=O)C1(CCCc2ccccc2)c2ccccc2Oc2ccccc21. The Balaban J connectivity index is 1.75. The summed E-state index contributed by atoms with van der Waals surface area (Å²) in [6.07, 6.45) is 2.41. The second-order valence-electron chi connectivity index (χ2n) is 6.70. The summed E-state index contributed by atoms with van der Waals surface area (Å²) in [5.41, 5.74) is 8.14. The summed E-state index contributed by atoms with van der Waals surface area (Å²) in [6, 6.07) is 25.7. The third-order valence-corrected chi connectivity index (χ3v) is 5.19. The number of para-hydroxylation sites is 2. The van der Waals surface area contributed by atoms with E-state index in [1.165, 1.54) is 5.56 Å². The molecule has 4 rings (SSSR count). The second-order valence-corrected chi connectivity index (χ2v) is 6.70. The van der Waals surface area contributed by atoms with E-state index in [9.17, 15) is 4.79 Å². The normalized spacial score (nSPS) is 14.0. The predicted molar refractivity (Wildman–Crippen MR) is 102 cm³/mol. The molecule has 0 fully saturated rings. The van der Waals surface area contributed by atoms with Crippen LogP contribution in [0.3, 0.4) is 0 Å². The number of benzene rings is 3. The lowest BCUT2D eigenvalue weighted by atomic mass is 9.68. The Bertz CT molecular complexity index is 888. The number of nitrogens with two attached hydrogens (primary N) is 1. The van der Waals surface area contributed by atoms with Gasteiger partial charge in [-0.15, -0.1) is 0 Å². The fourth-order valence-electron chi connectivity index (χ4n) is 3.94. The third kappa shape index (κ3) is 2.66. The van der Waals surface area contributed by atoms with Crippen molar-refractivity contribution in [1.82, 2.24) is 0 Å². The fourth-order valence-corrected chi connectivity index (χ4v) is 3.94. The van der Waals surface area contributed by atoms with E-state index >= 15 is 0 Å². The number of aryl methyl sites for hydroxylation is 1. The van der Waals surface area contributed by atoms with Crippen LogP contribution >= 0.6 is 0 Å². The largest absolute Gasteiger partial charge is 0.457 e. The number of hydrogen-bond acceptors (Lipinski definition) is 2. The average Bonchev–Trinajstić information content (AvgIpc) is 2.68. The lowest BCUT2D eigenvalue weighted by Gasteiger charge is -2.38. The molecule has 1 aliphatic rings. The van der Waals surface area contributed by atoms with E-state index < -0.39 is 5.41 Å². The molecule has 130 valence electrons. The maximum atomic E-state index is 12.8. The zero-order valence-electron chi connectivity index (χ0n) is 14.5. The van der Waals surface area contributed by atoms with Gasteiger partial charge in [0.2, 0.25) is 5.91 Å². The quantitative estimate of drug-likeness (QED) is 0.737. The summed E-state index contributed by atoms with van der Waals surface area (Å²) in [5.74, 6) is 1.10. The van der Waals surface area contributed by atoms with Crippen molar-refractivity contribution in [3.63, 3.8) is 0 Å². The molecule has 3 aromatic carbocycles. The van der Waals surface area contributed by atoms with Crippen molar-refractivity contribution in [2.24, 2.45) is 5.73 Å². The molecule has 1 aliphatic heterocycles. The Labute approximate surface area is 153 Å². The van der Waals surface area contributed by atoms with Crippen LogP contribution in [-0.2, 0) is 16.6 Å². The Morgan fingerprint density at radius 3 is 1.92 bits per heavy atom. The van der Waals surface area contributed by atoms with Crippen LogP contribution < -0.4 is 10.5 Å². The highest BCUT2D eigenvalue weighted by Crippen LogP contribution is 2.50. The van der Waals surface area contributed by atoms with Crippen molar-refractivity contribution in [3.8, 4) is 11.5 Å². The highest BCUT2D eigenvalue weighted by molar-refractivity contribution is 5.93. The smallest absolute Gasteiger partial charge is 0.232 e. The number of primary amides is 1. The lowest BCUT2D eigenvalue weighted by Crippen LogP contribution is -2.44. The van der Waals surface area contributed by atoms with E-state index in [0.717, 1.165) is 24.0 Å². The van der Waals surface area contributed by atoms with Gasteiger partial charge in [-0.3, -0.25) is 4.79 Å². The molecule has 0 bridgehead atoms. The van der Waals surface area contributed by atoms with E-state index in [1.54, 1.807) is 0 Å². The van der Waals surface area contributed by atoms with Gasteiger partial charge in [0, 0.05) is 11.1 Å². The van der Waals surface area contributed by atoms with Crippen LogP contribution in [0.5, 0.6) is 11.5 Å². The molecule has 0 spiro atoms. The lowest BCUT2D eigenvalue weighted by molar-refractivity contribution is -0.122. The molecule has 0 aromatic heterocycles. The van der Waals surface area contributed by atoms with Gasteiger partial charge in [-0.25, -0.2) is 0 Å². The van der Waals surface area contributed by atoms with Crippen LogP contribution in [0.1, 0.15) is 29.5 Å². The molecule has 3 heteroatoms. The maximum Gasteiger partial charge on any atom is 0.232 e. The molecule has 2 N–H and O–H groups in total. The molecular formula is C23H21NO2. The monoisotopic (exact) mass is 343 g/mol. The highest BCUT2D eigenvalue weighted by Gasteiger charge is 2.46. The van der Waals surface area contributed by atoms with Crippen molar-refractivity contribution >= 4 is 5.91 Å².